The molecule has 2 aliphatic rings. The van der Waals surface area contributed by atoms with E-state index in [9.17, 15) is 14.7 Å². The first kappa shape index (κ1) is 16.8. The molecule has 26 heavy (non-hydrogen) atoms. The molecule has 0 spiro atoms. The van der Waals surface area contributed by atoms with Gasteiger partial charge in [-0.15, -0.1) is 0 Å². The molecule has 0 aromatic heterocycles. The van der Waals surface area contributed by atoms with Crippen LogP contribution in [0.2, 0.25) is 0 Å². The number of benzene rings is 2. The number of imide groups is 1. The molecule has 0 saturated carbocycles. The minimum Gasteiger partial charge on any atom is -0.394 e. The highest BCUT2D eigenvalue weighted by Gasteiger charge is 2.59. The molecule has 134 valence electrons. The smallest absolute Gasteiger partial charge is 0.266 e. The average molecular weight is 352 g/mol. The van der Waals surface area contributed by atoms with Crippen LogP contribution in [-0.4, -0.2) is 35.7 Å². The third kappa shape index (κ3) is 2.50. The van der Waals surface area contributed by atoms with Gasteiger partial charge in [0.2, 0.25) is 5.91 Å². The highest BCUT2D eigenvalue weighted by atomic mass is 16.7. The SMILES string of the molecule is CCc1ccc(N2C(=O)C3ON(c4ccccc4)C(CO)C3C2=O)cc1. The Morgan fingerprint density at radius 3 is 2.27 bits per heavy atom. The number of hydroxylamine groups is 1. The zero-order valence-corrected chi connectivity index (χ0v) is 14.4. The van der Waals surface area contributed by atoms with Crippen molar-refractivity contribution in [3.05, 3.63) is 60.2 Å². The molecule has 2 fully saturated rings. The van der Waals surface area contributed by atoms with E-state index in [2.05, 4.69) is 0 Å². The Bertz CT molecular complexity index is 821. The number of amides is 2. The van der Waals surface area contributed by atoms with Crippen molar-refractivity contribution in [2.45, 2.75) is 25.5 Å². The highest BCUT2D eigenvalue weighted by Crippen LogP contribution is 2.40. The first-order valence-electron chi connectivity index (χ1n) is 8.74. The van der Waals surface area contributed by atoms with Crippen molar-refractivity contribution in [3.8, 4) is 0 Å². The third-order valence-electron chi connectivity index (χ3n) is 5.04. The van der Waals surface area contributed by atoms with Crippen LogP contribution in [0.5, 0.6) is 0 Å². The lowest BCUT2D eigenvalue weighted by molar-refractivity contribution is -0.126. The summed E-state index contributed by atoms with van der Waals surface area (Å²) in [5.74, 6) is -1.44. The Labute approximate surface area is 151 Å². The summed E-state index contributed by atoms with van der Waals surface area (Å²) in [4.78, 5) is 32.8. The molecule has 4 rings (SSSR count). The summed E-state index contributed by atoms with van der Waals surface area (Å²) in [6.45, 7) is 1.76. The number of aliphatic hydroxyl groups excluding tert-OH is 1. The lowest BCUT2D eigenvalue weighted by atomic mass is 9.97. The predicted molar refractivity (Wildman–Crippen MR) is 96.5 cm³/mol. The number of para-hydroxylation sites is 1. The van der Waals surface area contributed by atoms with Gasteiger partial charge in [0.15, 0.2) is 6.10 Å². The molecule has 2 amide bonds. The van der Waals surface area contributed by atoms with Crippen molar-refractivity contribution in [1.29, 1.82) is 0 Å². The summed E-state index contributed by atoms with van der Waals surface area (Å²) in [6, 6.07) is 16.0. The Morgan fingerprint density at radius 2 is 1.65 bits per heavy atom. The summed E-state index contributed by atoms with van der Waals surface area (Å²) < 4.78 is 0. The molecule has 3 atom stereocenters. The zero-order chi connectivity index (χ0) is 18.3. The molecule has 2 saturated heterocycles. The maximum absolute atomic E-state index is 13.0. The monoisotopic (exact) mass is 352 g/mol. The number of anilines is 2. The van der Waals surface area contributed by atoms with E-state index in [-0.39, 0.29) is 18.4 Å². The fraction of sp³-hybridized carbons (Fsp3) is 0.300. The van der Waals surface area contributed by atoms with E-state index in [1.807, 2.05) is 49.4 Å². The third-order valence-corrected chi connectivity index (χ3v) is 5.04. The van der Waals surface area contributed by atoms with Gasteiger partial charge in [0.1, 0.15) is 5.92 Å². The fourth-order valence-corrected chi connectivity index (χ4v) is 3.64. The van der Waals surface area contributed by atoms with Gasteiger partial charge in [-0.05, 0) is 36.2 Å². The maximum atomic E-state index is 13.0. The van der Waals surface area contributed by atoms with Crippen molar-refractivity contribution < 1.29 is 19.5 Å². The zero-order valence-electron chi connectivity index (χ0n) is 14.4. The number of aliphatic hydroxyl groups is 1. The van der Waals surface area contributed by atoms with Crippen molar-refractivity contribution in [2.75, 3.05) is 16.6 Å². The van der Waals surface area contributed by atoms with Gasteiger partial charge in [0.25, 0.3) is 5.91 Å². The number of aryl methyl sites for hydroxylation is 1. The first-order valence-corrected chi connectivity index (χ1v) is 8.74. The van der Waals surface area contributed by atoms with Crippen LogP contribution >= 0.6 is 0 Å². The molecule has 1 N–H and O–H groups in total. The van der Waals surface area contributed by atoms with Gasteiger partial charge in [-0.1, -0.05) is 37.3 Å². The Balaban J connectivity index is 1.64. The van der Waals surface area contributed by atoms with Gasteiger partial charge in [0, 0.05) is 0 Å². The highest BCUT2D eigenvalue weighted by molar-refractivity contribution is 6.23. The van der Waals surface area contributed by atoms with Gasteiger partial charge in [-0.25, -0.2) is 9.96 Å². The molecule has 6 nitrogen and oxygen atoms in total. The molecule has 2 heterocycles. The van der Waals surface area contributed by atoms with Crippen LogP contribution in [-0.2, 0) is 20.8 Å². The molecular weight excluding hydrogens is 332 g/mol. The fourth-order valence-electron chi connectivity index (χ4n) is 3.64. The van der Waals surface area contributed by atoms with Crippen molar-refractivity contribution >= 4 is 23.2 Å². The number of hydrogen-bond donors (Lipinski definition) is 1. The largest absolute Gasteiger partial charge is 0.394 e. The van der Waals surface area contributed by atoms with Gasteiger partial charge < -0.3 is 5.11 Å². The second-order valence-corrected chi connectivity index (χ2v) is 6.49. The summed E-state index contributed by atoms with van der Waals surface area (Å²) in [5, 5.41) is 11.4. The van der Waals surface area contributed by atoms with E-state index in [1.54, 1.807) is 12.1 Å². The number of nitrogens with zero attached hydrogens (tertiary/aromatic N) is 2. The number of hydrogen-bond acceptors (Lipinski definition) is 5. The number of carbonyl (C=O) groups excluding carboxylic acids is 2. The molecule has 6 heteroatoms. The van der Waals surface area contributed by atoms with Crippen LogP contribution in [0.3, 0.4) is 0 Å². The number of fused-ring (bicyclic) bond motifs is 1. The second kappa shape index (κ2) is 6.55. The second-order valence-electron chi connectivity index (χ2n) is 6.49. The Hall–Kier alpha value is -2.70. The minimum atomic E-state index is -0.911. The van der Waals surface area contributed by atoms with Crippen molar-refractivity contribution in [2.24, 2.45) is 5.92 Å². The maximum Gasteiger partial charge on any atom is 0.266 e. The van der Waals surface area contributed by atoms with Crippen LogP contribution in [0.4, 0.5) is 11.4 Å². The topological polar surface area (TPSA) is 70.1 Å². The quantitative estimate of drug-likeness (QED) is 0.852. The van der Waals surface area contributed by atoms with E-state index in [0.29, 0.717) is 11.4 Å². The van der Waals surface area contributed by atoms with Crippen LogP contribution in [0.1, 0.15) is 12.5 Å². The average Bonchev–Trinajstić information content (AvgIpc) is 3.19. The molecule has 2 aromatic rings. The molecule has 0 aliphatic carbocycles. The lowest BCUT2D eigenvalue weighted by Gasteiger charge is -2.27. The number of carbonyl (C=O) groups is 2. The molecule has 0 radical (unpaired) electrons. The van der Waals surface area contributed by atoms with Gasteiger partial charge in [-0.2, -0.15) is 0 Å². The van der Waals surface area contributed by atoms with Gasteiger partial charge >= 0.3 is 0 Å². The molecule has 0 bridgehead atoms. The summed E-state index contributed by atoms with van der Waals surface area (Å²) >= 11 is 0. The van der Waals surface area contributed by atoms with Crippen LogP contribution in [0.25, 0.3) is 0 Å². The van der Waals surface area contributed by atoms with Gasteiger partial charge in [-0.3, -0.25) is 14.4 Å². The Kier molecular flexibility index (Phi) is 4.22. The number of rotatable bonds is 4. The normalized spacial score (nSPS) is 25.1. The molecular formula is C20H20N2O4. The molecule has 3 unspecified atom stereocenters. The van der Waals surface area contributed by atoms with E-state index < -0.39 is 18.1 Å². The van der Waals surface area contributed by atoms with Crippen molar-refractivity contribution in [1.82, 2.24) is 0 Å². The summed E-state index contributed by atoms with van der Waals surface area (Å²) in [7, 11) is 0. The van der Waals surface area contributed by atoms with E-state index >= 15 is 0 Å². The van der Waals surface area contributed by atoms with Crippen LogP contribution < -0.4 is 9.96 Å². The van der Waals surface area contributed by atoms with Crippen LogP contribution in [0.15, 0.2) is 54.6 Å². The lowest BCUT2D eigenvalue weighted by Crippen LogP contribution is -2.42. The standard InChI is InChI=1S/C20H20N2O4/c1-2-13-8-10-14(11-9-13)21-19(24)17-16(12-23)22(26-18(17)20(21)25)15-6-4-3-5-7-15/h3-11,16-18,23H,2,12H2,1H3. The van der Waals surface area contributed by atoms with Crippen LogP contribution in [0, 0.1) is 5.92 Å². The summed E-state index contributed by atoms with van der Waals surface area (Å²) in [6.07, 6.45) is -0.0273. The van der Waals surface area contributed by atoms with E-state index in [1.165, 1.54) is 9.96 Å². The molecule has 2 aliphatic heterocycles. The van der Waals surface area contributed by atoms with Crippen molar-refractivity contribution in [3.63, 3.8) is 0 Å². The van der Waals surface area contributed by atoms with E-state index in [0.717, 1.165) is 12.0 Å². The van der Waals surface area contributed by atoms with Gasteiger partial charge in [0.05, 0.1) is 24.0 Å². The Morgan fingerprint density at radius 1 is 0.962 bits per heavy atom. The minimum absolute atomic E-state index is 0.280. The van der Waals surface area contributed by atoms with E-state index in [4.69, 9.17) is 4.84 Å². The summed E-state index contributed by atoms with van der Waals surface area (Å²) in [5.41, 5.74) is 2.38. The predicted octanol–water partition coefficient (Wildman–Crippen LogP) is 1.92. The first-order chi connectivity index (χ1) is 12.7. The molecule has 2 aromatic carbocycles.